The number of hydrogen-bond acceptors (Lipinski definition) is 4. The van der Waals surface area contributed by atoms with Crippen LogP contribution in [0.1, 0.15) is 37.3 Å². The van der Waals surface area contributed by atoms with Crippen molar-refractivity contribution in [1.29, 1.82) is 0 Å². The maximum Gasteiger partial charge on any atom is 0.179 e. The molecular formula is C15H22ClNO3. The van der Waals surface area contributed by atoms with Gasteiger partial charge in [-0.15, -0.1) is 0 Å². The second kappa shape index (κ2) is 6.66. The number of aliphatic hydroxyl groups is 1. The van der Waals surface area contributed by atoms with E-state index in [1.54, 1.807) is 19.2 Å². The van der Waals surface area contributed by atoms with Crippen LogP contribution in [-0.2, 0) is 0 Å². The van der Waals surface area contributed by atoms with Crippen molar-refractivity contribution < 1.29 is 14.6 Å². The first-order valence-electron chi connectivity index (χ1n) is 6.94. The molecule has 0 heterocycles. The fourth-order valence-corrected chi connectivity index (χ4v) is 3.30. The largest absolute Gasteiger partial charge is 0.493 e. The maximum atomic E-state index is 10.4. The van der Waals surface area contributed by atoms with Crippen LogP contribution in [0.15, 0.2) is 12.1 Å². The van der Waals surface area contributed by atoms with Gasteiger partial charge in [0, 0.05) is 0 Å². The number of hydrogen-bond donors (Lipinski definition) is 2. The van der Waals surface area contributed by atoms with Crippen LogP contribution in [-0.4, -0.2) is 25.4 Å². The molecule has 1 aromatic carbocycles. The van der Waals surface area contributed by atoms with E-state index in [4.69, 9.17) is 26.8 Å². The molecule has 0 unspecified atom stereocenters. The van der Waals surface area contributed by atoms with Crippen molar-refractivity contribution in [2.45, 2.75) is 37.8 Å². The molecule has 0 spiro atoms. The molecule has 1 saturated carbocycles. The van der Waals surface area contributed by atoms with E-state index in [0.717, 1.165) is 25.7 Å². The number of benzene rings is 1. The molecule has 112 valence electrons. The van der Waals surface area contributed by atoms with E-state index in [2.05, 4.69) is 0 Å². The Morgan fingerprint density at radius 2 is 1.90 bits per heavy atom. The average molecular weight is 300 g/mol. The van der Waals surface area contributed by atoms with Crippen molar-refractivity contribution in [2.24, 2.45) is 11.7 Å². The first kappa shape index (κ1) is 15.4. The van der Waals surface area contributed by atoms with Gasteiger partial charge in [0.25, 0.3) is 0 Å². The molecule has 1 aliphatic rings. The summed E-state index contributed by atoms with van der Waals surface area (Å²) in [5, 5.41) is 10.8. The van der Waals surface area contributed by atoms with Gasteiger partial charge in [0.15, 0.2) is 11.5 Å². The van der Waals surface area contributed by atoms with Gasteiger partial charge in [0.2, 0.25) is 0 Å². The van der Waals surface area contributed by atoms with Gasteiger partial charge >= 0.3 is 0 Å². The van der Waals surface area contributed by atoms with Gasteiger partial charge in [-0.3, -0.25) is 0 Å². The van der Waals surface area contributed by atoms with Crippen molar-refractivity contribution >= 4 is 11.6 Å². The number of halogens is 1. The van der Waals surface area contributed by atoms with E-state index in [-0.39, 0.29) is 5.92 Å². The molecule has 4 nitrogen and oxygen atoms in total. The number of ether oxygens (including phenoxy) is 2. The number of nitrogens with two attached hydrogens (primary N) is 1. The van der Waals surface area contributed by atoms with Crippen molar-refractivity contribution in [3.05, 3.63) is 22.7 Å². The Morgan fingerprint density at radius 1 is 1.25 bits per heavy atom. The second-order valence-electron chi connectivity index (χ2n) is 5.27. The topological polar surface area (TPSA) is 64.7 Å². The lowest BCUT2D eigenvalue weighted by atomic mass is 9.90. The molecule has 1 aromatic rings. The van der Waals surface area contributed by atoms with Gasteiger partial charge in [-0.2, -0.15) is 0 Å². The molecule has 0 bridgehead atoms. The minimum absolute atomic E-state index is 0.258. The smallest absolute Gasteiger partial charge is 0.179 e. The Kier molecular flexibility index (Phi) is 5.13. The van der Waals surface area contributed by atoms with Gasteiger partial charge in [0.1, 0.15) is 0 Å². The Labute approximate surface area is 124 Å². The van der Waals surface area contributed by atoms with Crippen molar-refractivity contribution in [1.82, 2.24) is 0 Å². The van der Waals surface area contributed by atoms with Crippen LogP contribution in [0.5, 0.6) is 11.5 Å². The highest BCUT2D eigenvalue weighted by molar-refractivity contribution is 6.33. The summed E-state index contributed by atoms with van der Waals surface area (Å²) in [4.78, 5) is 0. The fourth-order valence-electron chi connectivity index (χ4n) is 2.94. The van der Waals surface area contributed by atoms with Gasteiger partial charge in [0.05, 0.1) is 31.4 Å². The number of rotatable bonds is 5. The third-order valence-electron chi connectivity index (χ3n) is 4.12. The summed E-state index contributed by atoms with van der Waals surface area (Å²) in [6, 6.07) is 3.05. The zero-order chi connectivity index (χ0) is 14.7. The molecule has 2 atom stereocenters. The van der Waals surface area contributed by atoms with Crippen molar-refractivity contribution in [2.75, 3.05) is 14.2 Å². The highest BCUT2D eigenvalue weighted by Gasteiger charge is 2.30. The highest BCUT2D eigenvalue weighted by Crippen LogP contribution is 2.41. The quantitative estimate of drug-likeness (QED) is 0.877. The van der Waals surface area contributed by atoms with Crippen LogP contribution in [0, 0.1) is 5.92 Å². The highest BCUT2D eigenvalue weighted by atomic mass is 35.5. The number of methoxy groups -OCH3 is 2. The van der Waals surface area contributed by atoms with E-state index in [1.165, 1.54) is 7.11 Å². The van der Waals surface area contributed by atoms with Gasteiger partial charge in [-0.1, -0.05) is 30.5 Å². The summed E-state index contributed by atoms with van der Waals surface area (Å²) in [7, 11) is 3.09. The monoisotopic (exact) mass is 299 g/mol. The van der Waals surface area contributed by atoms with Gasteiger partial charge in [-0.05, 0) is 30.4 Å². The van der Waals surface area contributed by atoms with Crippen LogP contribution < -0.4 is 15.2 Å². The Bertz CT molecular complexity index is 461. The van der Waals surface area contributed by atoms with E-state index >= 15 is 0 Å². The third kappa shape index (κ3) is 2.87. The Hall–Kier alpha value is -0.970. The van der Waals surface area contributed by atoms with E-state index in [9.17, 15) is 5.11 Å². The molecule has 0 saturated heterocycles. The summed E-state index contributed by atoms with van der Waals surface area (Å²) < 4.78 is 10.5. The summed E-state index contributed by atoms with van der Waals surface area (Å²) >= 11 is 6.34. The minimum Gasteiger partial charge on any atom is -0.493 e. The van der Waals surface area contributed by atoms with E-state index < -0.39 is 12.1 Å². The van der Waals surface area contributed by atoms with Crippen molar-refractivity contribution in [3.8, 4) is 11.5 Å². The molecule has 0 aromatic heterocycles. The summed E-state index contributed by atoms with van der Waals surface area (Å²) in [5.41, 5.74) is 6.90. The lowest BCUT2D eigenvalue weighted by Crippen LogP contribution is -2.32. The third-order valence-corrected chi connectivity index (χ3v) is 4.51. The SMILES string of the molecule is COc1ccc([C@H](N)[C@H](O)C2CCCC2)c(Cl)c1OC. The summed E-state index contributed by atoms with van der Waals surface area (Å²) in [6.07, 6.45) is 3.80. The molecule has 0 amide bonds. The standard InChI is InChI=1S/C15H22ClNO3/c1-19-11-8-7-10(12(16)15(11)20-2)13(17)14(18)9-5-3-4-6-9/h7-9,13-14,18H,3-6,17H2,1-2H3/t13-,14+/m0/s1. The second-order valence-corrected chi connectivity index (χ2v) is 5.64. The van der Waals surface area contributed by atoms with Gasteiger partial charge in [-0.25, -0.2) is 0 Å². The minimum atomic E-state index is -0.576. The molecular weight excluding hydrogens is 278 g/mol. The average Bonchev–Trinajstić information content (AvgIpc) is 2.99. The predicted octanol–water partition coefficient (Wildman–Crippen LogP) is 2.91. The van der Waals surface area contributed by atoms with Crippen LogP contribution >= 0.6 is 11.6 Å². The van der Waals surface area contributed by atoms with Crippen molar-refractivity contribution in [3.63, 3.8) is 0 Å². The summed E-state index contributed by atoms with van der Waals surface area (Å²) in [5.74, 6) is 1.28. The normalized spacial score (nSPS) is 18.9. The summed E-state index contributed by atoms with van der Waals surface area (Å²) in [6.45, 7) is 0. The predicted molar refractivity (Wildman–Crippen MR) is 79.4 cm³/mol. The Morgan fingerprint density at radius 3 is 2.45 bits per heavy atom. The molecule has 0 radical (unpaired) electrons. The first-order valence-corrected chi connectivity index (χ1v) is 7.32. The Balaban J connectivity index is 2.27. The molecule has 2 rings (SSSR count). The van der Waals surface area contributed by atoms with Crippen LogP contribution in [0.4, 0.5) is 0 Å². The lowest BCUT2D eigenvalue weighted by Gasteiger charge is -2.26. The molecule has 5 heteroatoms. The van der Waals surface area contributed by atoms with E-state index in [0.29, 0.717) is 22.1 Å². The molecule has 3 N–H and O–H groups in total. The molecule has 0 aliphatic heterocycles. The first-order chi connectivity index (χ1) is 9.60. The van der Waals surface area contributed by atoms with Crippen LogP contribution in [0.3, 0.4) is 0 Å². The lowest BCUT2D eigenvalue weighted by molar-refractivity contribution is 0.0844. The molecule has 20 heavy (non-hydrogen) atoms. The van der Waals surface area contributed by atoms with Crippen LogP contribution in [0.2, 0.25) is 5.02 Å². The zero-order valence-electron chi connectivity index (χ0n) is 11.9. The fraction of sp³-hybridized carbons (Fsp3) is 0.600. The maximum absolute atomic E-state index is 10.4. The van der Waals surface area contributed by atoms with Gasteiger partial charge < -0.3 is 20.3 Å². The van der Waals surface area contributed by atoms with Crippen LogP contribution in [0.25, 0.3) is 0 Å². The van der Waals surface area contributed by atoms with E-state index in [1.807, 2.05) is 0 Å². The molecule has 1 fully saturated rings. The zero-order valence-corrected chi connectivity index (χ0v) is 12.7. The number of aliphatic hydroxyl groups excluding tert-OH is 1. The molecule has 1 aliphatic carbocycles.